The Labute approximate surface area is 157 Å². The molecule has 0 aliphatic rings. The number of furan rings is 1. The van der Waals surface area contributed by atoms with Crippen molar-refractivity contribution in [2.75, 3.05) is 33.8 Å². The summed E-state index contributed by atoms with van der Waals surface area (Å²) in [6, 6.07) is 2.02. The molecule has 0 saturated carbocycles. The summed E-state index contributed by atoms with van der Waals surface area (Å²) in [5, 5.41) is 6.61. The van der Waals surface area contributed by atoms with Crippen LogP contribution in [0.5, 0.6) is 0 Å². The number of aryl methyl sites for hydroxylation is 1. The Morgan fingerprint density at radius 3 is 2.65 bits per heavy atom. The number of nitrogens with zero attached hydrogens (tertiary/aromatic N) is 2. The first-order valence-corrected chi connectivity index (χ1v) is 9.32. The fraction of sp³-hybridized carbons (Fsp3) is 0.684. The summed E-state index contributed by atoms with van der Waals surface area (Å²) < 4.78 is 10.3. The number of esters is 1. The van der Waals surface area contributed by atoms with Crippen LogP contribution in [0.2, 0.25) is 0 Å². The van der Waals surface area contributed by atoms with Crippen LogP contribution in [0, 0.1) is 6.92 Å². The third kappa shape index (κ3) is 7.07. The molecule has 1 rings (SSSR count). The van der Waals surface area contributed by atoms with Crippen LogP contribution in [0.3, 0.4) is 0 Å². The number of hydrogen-bond acceptors (Lipinski definition) is 5. The van der Waals surface area contributed by atoms with Crippen molar-refractivity contribution in [1.82, 2.24) is 15.5 Å². The SMILES string of the molecule is CCN(CC)CCCC(C)NC(=NC)NCc1cc(C(=O)OC)c(C)o1. The van der Waals surface area contributed by atoms with E-state index in [9.17, 15) is 4.79 Å². The van der Waals surface area contributed by atoms with E-state index in [0.29, 0.717) is 35.6 Å². The van der Waals surface area contributed by atoms with Gasteiger partial charge in [0.15, 0.2) is 5.96 Å². The molecule has 26 heavy (non-hydrogen) atoms. The summed E-state index contributed by atoms with van der Waals surface area (Å²) >= 11 is 0. The largest absolute Gasteiger partial charge is 0.465 e. The third-order valence-electron chi connectivity index (χ3n) is 4.42. The molecular formula is C19H34N4O3. The average molecular weight is 367 g/mol. The van der Waals surface area contributed by atoms with Crippen LogP contribution < -0.4 is 10.6 Å². The van der Waals surface area contributed by atoms with Gasteiger partial charge in [-0.15, -0.1) is 0 Å². The number of nitrogens with one attached hydrogen (secondary N) is 2. The van der Waals surface area contributed by atoms with Crippen LogP contribution in [-0.2, 0) is 11.3 Å². The summed E-state index contributed by atoms with van der Waals surface area (Å²) in [5.74, 6) is 1.55. The van der Waals surface area contributed by atoms with Crippen molar-refractivity contribution in [3.8, 4) is 0 Å². The van der Waals surface area contributed by atoms with E-state index in [4.69, 9.17) is 9.15 Å². The number of hydrogen-bond donors (Lipinski definition) is 2. The number of carbonyl (C=O) groups excluding carboxylic acids is 1. The van der Waals surface area contributed by atoms with E-state index >= 15 is 0 Å². The van der Waals surface area contributed by atoms with Crippen molar-refractivity contribution in [3.05, 3.63) is 23.2 Å². The Balaban J connectivity index is 2.44. The second-order valence-corrected chi connectivity index (χ2v) is 6.31. The predicted molar refractivity (Wildman–Crippen MR) is 105 cm³/mol. The topological polar surface area (TPSA) is 79.1 Å². The zero-order valence-corrected chi connectivity index (χ0v) is 17.0. The minimum atomic E-state index is -0.387. The van der Waals surface area contributed by atoms with E-state index in [2.05, 4.69) is 41.3 Å². The van der Waals surface area contributed by atoms with Gasteiger partial charge >= 0.3 is 5.97 Å². The van der Waals surface area contributed by atoms with E-state index in [1.807, 2.05) is 0 Å². The van der Waals surface area contributed by atoms with Gasteiger partial charge in [-0.25, -0.2) is 4.79 Å². The molecule has 0 fully saturated rings. The standard InChI is InChI=1S/C19H34N4O3/c1-7-23(8-2)11-9-10-14(3)22-19(20-5)21-13-16-12-17(15(4)26-16)18(24)25-6/h12,14H,7-11,13H2,1-6H3,(H2,20,21,22). The minimum Gasteiger partial charge on any atom is -0.465 e. The summed E-state index contributed by atoms with van der Waals surface area (Å²) in [5.41, 5.74) is 0.456. The van der Waals surface area contributed by atoms with Gasteiger partial charge in [-0.1, -0.05) is 13.8 Å². The molecule has 7 heteroatoms. The van der Waals surface area contributed by atoms with E-state index in [1.54, 1.807) is 20.0 Å². The number of aliphatic imine (C=N–C) groups is 1. The maximum Gasteiger partial charge on any atom is 0.341 e. The number of carbonyl (C=O) groups is 1. The predicted octanol–water partition coefficient (Wildman–Crippen LogP) is 2.55. The quantitative estimate of drug-likeness (QED) is 0.376. The Bertz CT molecular complexity index is 579. The zero-order valence-electron chi connectivity index (χ0n) is 17.0. The monoisotopic (exact) mass is 366 g/mol. The maximum absolute atomic E-state index is 11.6. The van der Waals surface area contributed by atoms with Crippen LogP contribution >= 0.6 is 0 Å². The second kappa shape index (κ2) is 11.6. The highest BCUT2D eigenvalue weighted by Gasteiger charge is 2.15. The molecule has 0 spiro atoms. The Kier molecular flexibility index (Phi) is 9.80. The van der Waals surface area contributed by atoms with E-state index in [-0.39, 0.29) is 5.97 Å². The normalized spacial score (nSPS) is 13.0. The van der Waals surface area contributed by atoms with Crippen LogP contribution in [0.25, 0.3) is 0 Å². The lowest BCUT2D eigenvalue weighted by Gasteiger charge is -2.21. The van der Waals surface area contributed by atoms with Gasteiger partial charge in [0.25, 0.3) is 0 Å². The van der Waals surface area contributed by atoms with Crippen molar-refractivity contribution < 1.29 is 13.9 Å². The molecule has 1 aromatic heterocycles. The Hall–Kier alpha value is -2.02. The number of rotatable bonds is 10. The van der Waals surface area contributed by atoms with Gasteiger partial charge < -0.3 is 24.7 Å². The molecule has 0 saturated heterocycles. The number of methoxy groups -OCH3 is 1. The van der Waals surface area contributed by atoms with E-state index in [0.717, 1.165) is 32.5 Å². The molecule has 0 aliphatic carbocycles. The van der Waals surface area contributed by atoms with Crippen molar-refractivity contribution >= 4 is 11.9 Å². The molecule has 0 aliphatic heterocycles. The first-order valence-electron chi connectivity index (χ1n) is 9.32. The van der Waals surface area contributed by atoms with Crippen LogP contribution in [0.4, 0.5) is 0 Å². The first kappa shape index (κ1) is 22.0. The fourth-order valence-corrected chi connectivity index (χ4v) is 2.78. The van der Waals surface area contributed by atoms with Crippen LogP contribution in [0.15, 0.2) is 15.5 Å². The van der Waals surface area contributed by atoms with Gasteiger partial charge in [0.05, 0.1) is 13.7 Å². The van der Waals surface area contributed by atoms with Crippen LogP contribution in [0.1, 0.15) is 55.5 Å². The summed E-state index contributed by atoms with van der Waals surface area (Å²) in [4.78, 5) is 18.3. The zero-order chi connectivity index (χ0) is 19.5. The molecule has 1 atom stereocenters. The maximum atomic E-state index is 11.6. The highest BCUT2D eigenvalue weighted by Crippen LogP contribution is 2.15. The third-order valence-corrected chi connectivity index (χ3v) is 4.42. The molecule has 0 amide bonds. The van der Waals surface area contributed by atoms with Gasteiger partial charge in [-0.05, 0) is 52.4 Å². The molecule has 0 aromatic carbocycles. The molecule has 0 radical (unpaired) electrons. The van der Waals surface area contributed by atoms with Gasteiger partial charge in [0.2, 0.25) is 0 Å². The van der Waals surface area contributed by atoms with Crippen molar-refractivity contribution in [3.63, 3.8) is 0 Å². The number of guanidine groups is 1. The van der Waals surface area contributed by atoms with Crippen molar-refractivity contribution in [1.29, 1.82) is 0 Å². The van der Waals surface area contributed by atoms with Gasteiger partial charge in [-0.3, -0.25) is 4.99 Å². The molecule has 148 valence electrons. The lowest BCUT2D eigenvalue weighted by atomic mass is 10.2. The number of ether oxygens (including phenoxy) is 1. The van der Waals surface area contributed by atoms with Crippen molar-refractivity contribution in [2.45, 2.75) is 53.1 Å². The summed E-state index contributed by atoms with van der Waals surface area (Å²) in [6.45, 7) is 12.0. The molecule has 1 unspecified atom stereocenters. The molecule has 7 nitrogen and oxygen atoms in total. The Morgan fingerprint density at radius 2 is 2.08 bits per heavy atom. The van der Waals surface area contributed by atoms with Gasteiger partial charge in [0.1, 0.15) is 17.1 Å². The highest BCUT2D eigenvalue weighted by atomic mass is 16.5. The van der Waals surface area contributed by atoms with Gasteiger partial charge in [-0.2, -0.15) is 0 Å². The van der Waals surface area contributed by atoms with E-state index in [1.165, 1.54) is 7.11 Å². The van der Waals surface area contributed by atoms with E-state index < -0.39 is 0 Å². The molecule has 1 aromatic rings. The minimum absolute atomic E-state index is 0.320. The van der Waals surface area contributed by atoms with Crippen molar-refractivity contribution in [2.24, 2.45) is 4.99 Å². The molecular weight excluding hydrogens is 332 g/mol. The lowest BCUT2D eigenvalue weighted by Crippen LogP contribution is -2.42. The smallest absolute Gasteiger partial charge is 0.341 e. The molecule has 1 heterocycles. The molecule has 2 N–H and O–H groups in total. The van der Waals surface area contributed by atoms with Crippen LogP contribution in [-0.4, -0.2) is 56.7 Å². The fourth-order valence-electron chi connectivity index (χ4n) is 2.78. The second-order valence-electron chi connectivity index (χ2n) is 6.31. The lowest BCUT2D eigenvalue weighted by molar-refractivity contribution is 0.0599. The van der Waals surface area contributed by atoms with Gasteiger partial charge in [0, 0.05) is 13.1 Å². The first-order chi connectivity index (χ1) is 12.4. The summed E-state index contributed by atoms with van der Waals surface area (Å²) in [7, 11) is 3.10. The Morgan fingerprint density at radius 1 is 1.38 bits per heavy atom. The summed E-state index contributed by atoms with van der Waals surface area (Å²) in [6.07, 6.45) is 2.22. The average Bonchev–Trinajstić information content (AvgIpc) is 3.02. The molecule has 0 bridgehead atoms. The highest BCUT2D eigenvalue weighted by molar-refractivity contribution is 5.90.